The van der Waals surface area contributed by atoms with Crippen LogP contribution in [-0.2, 0) is 16.6 Å². The van der Waals surface area contributed by atoms with Gasteiger partial charge in [0.05, 0.1) is 4.90 Å². The van der Waals surface area contributed by atoms with Gasteiger partial charge in [0.25, 0.3) is 0 Å². The van der Waals surface area contributed by atoms with Crippen LogP contribution >= 0.6 is 15.9 Å². The first kappa shape index (κ1) is 14.0. The van der Waals surface area contributed by atoms with E-state index in [1.165, 1.54) is 12.1 Å². The van der Waals surface area contributed by atoms with E-state index in [9.17, 15) is 8.42 Å². The molecule has 0 bridgehead atoms. The minimum Gasteiger partial charge on any atom is -0.489 e. The number of primary sulfonamides is 1. The van der Waals surface area contributed by atoms with Gasteiger partial charge in [0, 0.05) is 10.0 Å². The zero-order valence-electron chi connectivity index (χ0n) is 9.91. The van der Waals surface area contributed by atoms with E-state index in [1.54, 1.807) is 12.1 Å². The number of hydrogen-bond acceptors (Lipinski definition) is 3. The molecule has 0 aromatic heterocycles. The number of nitrogens with two attached hydrogens (primary N) is 1. The third-order valence-corrected chi connectivity index (χ3v) is 4.21. The molecule has 0 aliphatic rings. The van der Waals surface area contributed by atoms with E-state index in [0.717, 1.165) is 10.0 Å². The number of benzene rings is 2. The lowest BCUT2D eigenvalue weighted by atomic mass is 10.2. The highest BCUT2D eigenvalue weighted by Crippen LogP contribution is 2.20. The Labute approximate surface area is 120 Å². The molecule has 0 amide bonds. The molecular weight excluding hydrogens is 330 g/mol. The molecule has 0 aliphatic heterocycles. The second-order valence-corrected chi connectivity index (χ2v) is 6.31. The van der Waals surface area contributed by atoms with E-state index >= 15 is 0 Å². The molecule has 0 saturated carbocycles. The van der Waals surface area contributed by atoms with Gasteiger partial charge < -0.3 is 4.74 Å². The highest BCUT2D eigenvalue weighted by molar-refractivity contribution is 9.10. The SMILES string of the molecule is NS(=O)(=O)c1ccc(OCc2ccccc2Br)cc1. The molecule has 100 valence electrons. The van der Waals surface area contributed by atoms with Crippen molar-refractivity contribution in [1.29, 1.82) is 0 Å². The van der Waals surface area contributed by atoms with Crippen LogP contribution in [0.25, 0.3) is 0 Å². The minimum absolute atomic E-state index is 0.0701. The van der Waals surface area contributed by atoms with Crippen molar-refractivity contribution >= 4 is 26.0 Å². The maximum absolute atomic E-state index is 11.1. The highest BCUT2D eigenvalue weighted by Gasteiger charge is 2.07. The standard InChI is InChI=1S/C13H12BrNO3S/c14-13-4-2-1-3-10(13)9-18-11-5-7-12(8-6-11)19(15,16)17/h1-8H,9H2,(H2,15,16,17). The predicted molar refractivity (Wildman–Crippen MR) is 76.3 cm³/mol. The molecule has 2 rings (SSSR count). The Hall–Kier alpha value is -1.37. The molecule has 0 saturated heterocycles. The van der Waals surface area contributed by atoms with Crippen molar-refractivity contribution in [2.45, 2.75) is 11.5 Å². The number of ether oxygens (including phenoxy) is 1. The van der Waals surface area contributed by atoms with Crippen LogP contribution in [0.2, 0.25) is 0 Å². The van der Waals surface area contributed by atoms with Gasteiger partial charge >= 0.3 is 0 Å². The summed E-state index contributed by atoms with van der Waals surface area (Å²) in [5.41, 5.74) is 1.01. The summed E-state index contributed by atoms with van der Waals surface area (Å²) in [7, 11) is -3.66. The quantitative estimate of drug-likeness (QED) is 0.929. The Morgan fingerprint density at radius 1 is 1.05 bits per heavy atom. The van der Waals surface area contributed by atoms with Gasteiger partial charge in [0.2, 0.25) is 10.0 Å². The van der Waals surface area contributed by atoms with Crippen molar-refractivity contribution in [3.8, 4) is 5.75 Å². The van der Waals surface area contributed by atoms with Gasteiger partial charge in [-0.1, -0.05) is 34.1 Å². The van der Waals surface area contributed by atoms with Crippen LogP contribution in [0.1, 0.15) is 5.56 Å². The fourth-order valence-corrected chi connectivity index (χ4v) is 2.42. The second kappa shape index (κ2) is 5.73. The first-order valence-corrected chi connectivity index (χ1v) is 7.80. The Morgan fingerprint density at radius 2 is 1.68 bits per heavy atom. The monoisotopic (exact) mass is 341 g/mol. The molecule has 2 aromatic carbocycles. The molecule has 2 N–H and O–H groups in total. The minimum atomic E-state index is -3.66. The number of halogens is 1. The third-order valence-electron chi connectivity index (χ3n) is 2.50. The van der Waals surface area contributed by atoms with Crippen molar-refractivity contribution in [2.75, 3.05) is 0 Å². The molecule has 2 aromatic rings. The molecule has 0 fully saturated rings. The Bertz CT molecular complexity index is 669. The molecule has 6 heteroatoms. The average molecular weight is 342 g/mol. The van der Waals surface area contributed by atoms with Crippen molar-refractivity contribution < 1.29 is 13.2 Å². The van der Waals surface area contributed by atoms with Gasteiger partial charge in [0.1, 0.15) is 12.4 Å². The van der Waals surface area contributed by atoms with E-state index in [4.69, 9.17) is 9.88 Å². The van der Waals surface area contributed by atoms with E-state index in [2.05, 4.69) is 15.9 Å². The van der Waals surface area contributed by atoms with Gasteiger partial charge in [0.15, 0.2) is 0 Å². The first-order chi connectivity index (χ1) is 8.97. The topological polar surface area (TPSA) is 69.4 Å². The smallest absolute Gasteiger partial charge is 0.238 e. The summed E-state index contributed by atoms with van der Waals surface area (Å²) in [4.78, 5) is 0.0701. The largest absolute Gasteiger partial charge is 0.489 e. The van der Waals surface area contributed by atoms with E-state index in [-0.39, 0.29) is 4.90 Å². The van der Waals surface area contributed by atoms with E-state index < -0.39 is 10.0 Å². The third kappa shape index (κ3) is 3.79. The molecule has 0 radical (unpaired) electrons. The van der Waals surface area contributed by atoms with Crippen molar-refractivity contribution in [3.63, 3.8) is 0 Å². The van der Waals surface area contributed by atoms with Gasteiger partial charge in [-0.2, -0.15) is 0 Å². The Morgan fingerprint density at radius 3 is 2.26 bits per heavy atom. The Balaban J connectivity index is 2.07. The molecule has 4 nitrogen and oxygen atoms in total. The van der Waals surface area contributed by atoms with Crippen LogP contribution < -0.4 is 9.88 Å². The molecular formula is C13H12BrNO3S. The van der Waals surface area contributed by atoms with E-state index in [1.807, 2.05) is 24.3 Å². The lowest BCUT2D eigenvalue weighted by molar-refractivity contribution is 0.305. The molecule has 0 atom stereocenters. The molecule has 0 spiro atoms. The van der Waals surface area contributed by atoms with E-state index in [0.29, 0.717) is 12.4 Å². The predicted octanol–water partition coefficient (Wildman–Crippen LogP) is 2.68. The normalized spacial score (nSPS) is 11.3. The van der Waals surface area contributed by atoms with Crippen LogP contribution in [0.3, 0.4) is 0 Å². The summed E-state index contributed by atoms with van der Waals surface area (Å²) in [5, 5.41) is 5.02. The lowest BCUT2D eigenvalue weighted by Gasteiger charge is -2.08. The summed E-state index contributed by atoms with van der Waals surface area (Å²) in [6, 6.07) is 13.7. The molecule has 19 heavy (non-hydrogen) atoms. The zero-order chi connectivity index (χ0) is 13.9. The first-order valence-electron chi connectivity index (χ1n) is 5.46. The zero-order valence-corrected chi connectivity index (χ0v) is 12.3. The van der Waals surface area contributed by atoms with Crippen LogP contribution in [0, 0.1) is 0 Å². The maximum Gasteiger partial charge on any atom is 0.238 e. The second-order valence-electron chi connectivity index (χ2n) is 3.90. The average Bonchev–Trinajstić information content (AvgIpc) is 2.37. The van der Waals surface area contributed by atoms with Gasteiger partial charge in [-0.15, -0.1) is 0 Å². The molecule has 0 unspecified atom stereocenters. The summed E-state index contributed by atoms with van der Waals surface area (Å²) in [6.07, 6.45) is 0. The van der Waals surface area contributed by atoms with Gasteiger partial charge in [-0.05, 0) is 30.3 Å². The van der Waals surface area contributed by atoms with Crippen molar-refractivity contribution in [2.24, 2.45) is 5.14 Å². The number of sulfonamides is 1. The maximum atomic E-state index is 11.1. The highest BCUT2D eigenvalue weighted by atomic mass is 79.9. The fourth-order valence-electron chi connectivity index (χ4n) is 1.50. The van der Waals surface area contributed by atoms with Crippen molar-refractivity contribution in [3.05, 3.63) is 58.6 Å². The van der Waals surface area contributed by atoms with Crippen LogP contribution in [0.15, 0.2) is 57.9 Å². The fraction of sp³-hybridized carbons (Fsp3) is 0.0769. The molecule has 0 aliphatic carbocycles. The number of rotatable bonds is 4. The van der Waals surface area contributed by atoms with Crippen molar-refractivity contribution in [1.82, 2.24) is 0 Å². The summed E-state index contributed by atoms with van der Waals surface area (Å²) in [6.45, 7) is 0.399. The lowest BCUT2D eigenvalue weighted by Crippen LogP contribution is -2.11. The summed E-state index contributed by atoms with van der Waals surface area (Å²) < 4.78 is 28.7. The summed E-state index contributed by atoms with van der Waals surface area (Å²) >= 11 is 3.43. The van der Waals surface area contributed by atoms with Crippen LogP contribution in [0.4, 0.5) is 0 Å². The molecule has 0 heterocycles. The van der Waals surface area contributed by atoms with Crippen LogP contribution in [-0.4, -0.2) is 8.42 Å². The number of hydrogen-bond donors (Lipinski definition) is 1. The summed E-state index contributed by atoms with van der Waals surface area (Å²) in [5.74, 6) is 0.586. The Kier molecular flexibility index (Phi) is 4.24. The van der Waals surface area contributed by atoms with Gasteiger partial charge in [-0.3, -0.25) is 0 Å². The van der Waals surface area contributed by atoms with Crippen LogP contribution in [0.5, 0.6) is 5.75 Å². The van der Waals surface area contributed by atoms with Gasteiger partial charge in [-0.25, -0.2) is 13.6 Å².